The Labute approximate surface area is 167 Å². The molecule has 0 spiro atoms. The molecule has 1 rings (SSSR count). The van der Waals surface area contributed by atoms with Crippen LogP contribution in [0, 0.1) is 0 Å². The maximum atomic E-state index is 9.29. The monoisotopic (exact) mass is 378 g/mol. The molecule has 3 heteroatoms. The molecule has 27 heavy (non-hydrogen) atoms. The van der Waals surface area contributed by atoms with E-state index in [-0.39, 0.29) is 13.2 Å². The Bertz CT molecular complexity index is 430. The summed E-state index contributed by atoms with van der Waals surface area (Å²) in [6.45, 7) is 2.14. The number of aliphatic hydroxyl groups is 2. The molecule has 0 amide bonds. The Morgan fingerprint density at radius 2 is 1.22 bits per heavy atom. The fourth-order valence-corrected chi connectivity index (χ4v) is 3.34. The van der Waals surface area contributed by atoms with E-state index in [1.807, 2.05) is 12.1 Å². The van der Waals surface area contributed by atoms with Crippen LogP contribution in [0.15, 0.2) is 24.3 Å². The minimum Gasteiger partial charge on any atom is -0.491 e. The smallest absolute Gasteiger partial charge is 0.119 e. The minimum absolute atomic E-state index is 0.134. The van der Waals surface area contributed by atoms with Crippen LogP contribution in [0.4, 0.5) is 0 Å². The highest BCUT2D eigenvalue weighted by molar-refractivity contribution is 5.27. The third-order valence-electron chi connectivity index (χ3n) is 5.15. The number of hydrogen-bond donors (Lipinski definition) is 2. The summed E-state index contributed by atoms with van der Waals surface area (Å²) in [5, 5.41) is 18.1. The van der Waals surface area contributed by atoms with Crippen LogP contribution in [0.3, 0.4) is 0 Å². The van der Waals surface area contributed by atoms with Crippen molar-refractivity contribution >= 4 is 0 Å². The van der Waals surface area contributed by atoms with Crippen LogP contribution in [0.25, 0.3) is 0 Å². The molecule has 0 heterocycles. The lowest BCUT2D eigenvalue weighted by atomic mass is 10.0. The number of hydrogen-bond acceptors (Lipinski definition) is 3. The van der Waals surface area contributed by atoms with Crippen LogP contribution in [0.1, 0.15) is 96.0 Å². The first-order valence-corrected chi connectivity index (χ1v) is 11.3. The normalized spacial score (nSPS) is 12.3. The van der Waals surface area contributed by atoms with E-state index in [1.54, 1.807) is 0 Å². The van der Waals surface area contributed by atoms with Gasteiger partial charge in [-0.2, -0.15) is 0 Å². The van der Waals surface area contributed by atoms with Gasteiger partial charge in [0, 0.05) is 0 Å². The predicted octanol–water partition coefficient (Wildman–Crippen LogP) is 6.05. The third kappa shape index (κ3) is 13.7. The molecule has 0 saturated carbocycles. The van der Waals surface area contributed by atoms with Gasteiger partial charge in [0.05, 0.1) is 6.61 Å². The van der Waals surface area contributed by atoms with Crippen LogP contribution in [-0.2, 0) is 6.42 Å². The summed E-state index contributed by atoms with van der Waals surface area (Å²) in [6.07, 6.45) is 18.4. The van der Waals surface area contributed by atoms with Crippen molar-refractivity contribution < 1.29 is 14.9 Å². The van der Waals surface area contributed by atoms with E-state index >= 15 is 0 Å². The number of unbranched alkanes of at least 4 members (excludes halogenated alkanes) is 12. The molecule has 0 aliphatic rings. The van der Waals surface area contributed by atoms with Gasteiger partial charge in [-0.1, -0.05) is 96.1 Å². The molecule has 0 fully saturated rings. The average molecular weight is 379 g/mol. The molecular weight excluding hydrogens is 336 g/mol. The van der Waals surface area contributed by atoms with E-state index in [0.29, 0.717) is 0 Å². The maximum absolute atomic E-state index is 9.29. The maximum Gasteiger partial charge on any atom is 0.119 e. The predicted molar refractivity (Wildman–Crippen MR) is 114 cm³/mol. The number of rotatable bonds is 18. The molecule has 0 aliphatic carbocycles. The van der Waals surface area contributed by atoms with Gasteiger partial charge in [0.15, 0.2) is 0 Å². The highest BCUT2D eigenvalue weighted by atomic mass is 16.5. The zero-order chi connectivity index (χ0) is 19.6. The lowest BCUT2D eigenvalue weighted by Gasteiger charge is -2.10. The zero-order valence-corrected chi connectivity index (χ0v) is 17.5. The summed E-state index contributed by atoms with van der Waals surface area (Å²) in [6, 6.07) is 8.09. The van der Waals surface area contributed by atoms with Crippen LogP contribution < -0.4 is 4.74 Å². The van der Waals surface area contributed by atoms with E-state index in [2.05, 4.69) is 19.1 Å². The number of aryl methyl sites for hydroxylation is 1. The van der Waals surface area contributed by atoms with E-state index in [1.165, 1.54) is 89.0 Å². The van der Waals surface area contributed by atoms with Gasteiger partial charge in [-0.3, -0.25) is 0 Å². The van der Waals surface area contributed by atoms with Crippen LogP contribution in [0.2, 0.25) is 0 Å². The first-order chi connectivity index (χ1) is 13.3. The summed E-state index contributed by atoms with van der Waals surface area (Å²) in [5.74, 6) is 0.747. The van der Waals surface area contributed by atoms with Crippen molar-refractivity contribution in [1.82, 2.24) is 0 Å². The second-order valence-electron chi connectivity index (χ2n) is 7.78. The molecule has 0 radical (unpaired) electrons. The summed E-state index contributed by atoms with van der Waals surface area (Å²) in [5.41, 5.74) is 1.34. The first kappa shape index (κ1) is 24.0. The molecular formula is C24H42O3. The van der Waals surface area contributed by atoms with Gasteiger partial charge in [0.1, 0.15) is 18.5 Å². The van der Waals surface area contributed by atoms with Gasteiger partial charge < -0.3 is 14.9 Å². The lowest BCUT2D eigenvalue weighted by Crippen LogP contribution is -2.21. The van der Waals surface area contributed by atoms with Gasteiger partial charge in [0.25, 0.3) is 0 Å². The van der Waals surface area contributed by atoms with Gasteiger partial charge in [-0.05, 0) is 30.5 Å². The summed E-state index contributed by atoms with van der Waals surface area (Å²) < 4.78 is 5.43. The Morgan fingerprint density at radius 1 is 0.741 bits per heavy atom. The molecule has 1 aromatic rings. The molecule has 3 nitrogen and oxygen atoms in total. The zero-order valence-electron chi connectivity index (χ0n) is 17.5. The fourth-order valence-electron chi connectivity index (χ4n) is 3.34. The Morgan fingerprint density at radius 3 is 1.70 bits per heavy atom. The molecule has 0 aliphatic heterocycles. The SMILES string of the molecule is CCCCCCCCCCCCCCCc1ccc(OC[C@@H](O)CO)cc1. The molecule has 1 aromatic carbocycles. The van der Waals surface area contributed by atoms with Crippen LogP contribution in [-0.4, -0.2) is 29.5 Å². The van der Waals surface area contributed by atoms with Crippen LogP contribution in [0.5, 0.6) is 5.75 Å². The van der Waals surface area contributed by atoms with Crippen LogP contribution >= 0.6 is 0 Å². The second-order valence-corrected chi connectivity index (χ2v) is 7.78. The average Bonchev–Trinajstić information content (AvgIpc) is 2.70. The molecule has 0 aromatic heterocycles. The van der Waals surface area contributed by atoms with Crippen molar-refractivity contribution in [2.24, 2.45) is 0 Å². The second kappa shape index (κ2) is 17.1. The number of aliphatic hydroxyl groups excluding tert-OH is 2. The van der Waals surface area contributed by atoms with Gasteiger partial charge >= 0.3 is 0 Å². The van der Waals surface area contributed by atoms with Crippen molar-refractivity contribution in [3.05, 3.63) is 29.8 Å². The van der Waals surface area contributed by atoms with Crippen molar-refractivity contribution in [1.29, 1.82) is 0 Å². The topological polar surface area (TPSA) is 49.7 Å². The van der Waals surface area contributed by atoms with E-state index in [4.69, 9.17) is 9.84 Å². The number of ether oxygens (including phenoxy) is 1. The minimum atomic E-state index is -0.810. The van der Waals surface area contributed by atoms with E-state index in [9.17, 15) is 5.11 Å². The third-order valence-corrected chi connectivity index (χ3v) is 5.15. The van der Waals surface area contributed by atoms with E-state index < -0.39 is 6.10 Å². The summed E-state index contributed by atoms with van der Waals surface area (Å²) >= 11 is 0. The van der Waals surface area contributed by atoms with Gasteiger partial charge in [-0.25, -0.2) is 0 Å². The van der Waals surface area contributed by atoms with Gasteiger partial charge in [-0.15, -0.1) is 0 Å². The largest absolute Gasteiger partial charge is 0.491 e. The molecule has 0 bridgehead atoms. The van der Waals surface area contributed by atoms with E-state index in [0.717, 1.165) is 12.2 Å². The van der Waals surface area contributed by atoms with Crippen molar-refractivity contribution in [3.63, 3.8) is 0 Å². The van der Waals surface area contributed by atoms with Gasteiger partial charge in [0.2, 0.25) is 0 Å². The van der Waals surface area contributed by atoms with Crippen molar-refractivity contribution in [3.8, 4) is 5.75 Å². The lowest BCUT2D eigenvalue weighted by molar-refractivity contribution is 0.0536. The quantitative estimate of drug-likeness (QED) is 0.306. The van der Waals surface area contributed by atoms with Crippen molar-refractivity contribution in [2.75, 3.05) is 13.2 Å². The molecule has 2 N–H and O–H groups in total. The molecule has 156 valence electrons. The summed E-state index contributed by atoms with van der Waals surface area (Å²) in [4.78, 5) is 0. The fraction of sp³-hybridized carbons (Fsp3) is 0.750. The molecule has 0 saturated heterocycles. The first-order valence-electron chi connectivity index (χ1n) is 11.3. The Hall–Kier alpha value is -1.06. The molecule has 1 atom stereocenters. The number of benzene rings is 1. The Kier molecular flexibility index (Phi) is 15.2. The standard InChI is InChI=1S/C24H42O3/c1-2-3-4-5-6-7-8-9-10-11-12-13-14-15-22-16-18-24(19-17-22)27-21-23(26)20-25/h16-19,23,25-26H,2-15,20-21H2,1H3/t23-/m0/s1. The highest BCUT2D eigenvalue weighted by Gasteiger charge is 2.03. The highest BCUT2D eigenvalue weighted by Crippen LogP contribution is 2.16. The Balaban J connectivity index is 1.92. The summed E-state index contributed by atoms with van der Waals surface area (Å²) in [7, 11) is 0. The van der Waals surface area contributed by atoms with Crippen molar-refractivity contribution in [2.45, 2.75) is 103 Å². The molecule has 0 unspecified atom stereocenters.